The van der Waals surface area contributed by atoms with Gasteiger partial charge in [0.2, 0.25) is 0 Å². The van der Waals surface area contributed by atoms with Crippen LogP contribution in [0.5, 0.6) is 0 Å². The monoisotopic (exact) mass is 484 g/mol. The van der Waals surface area contributed by atoms with Crippen LogP contribution in [0.1, 0.15) is 20.8 Å². The van der Waals surface area contributed by atoms with Gasteiger partial charge in [-0.3, -0.25) is 0 Å². The van der Waals surface area contributed by atoms with Gasteiger partial charge in [0.1, 0.15) is 0 Å². The number of hydrogen-bond acceptors (Lipinski definition) is 10. The minimum absolute atomic E-state index is 0.238. The van der Waals surface area contributed by atoms with Gasteiger partial charge in [-0.2, -0.15) is 0 Å². The highest BCUT2D eigenvalue weighted by Crippen LogP contribution is 1.88. The summed E-state index contributed by atoms with van der Waals surface area (Å²) in [5, 5.41) is 0. The summed E-state index contributed by atoms with van der Waals surface area (Å²) in [6, 6.07) is 0. The van der Waals surface area contributed by atoms with Gasteiger partial charge in [0, 0.05) is 6.61 Å². The maximum Gasteiger partial charge on any atom is 0.0703 e. The van der Waals surface area contributed by atoms with Gasteiger partial charge in [0.05, 0.1) is 125 Å². The topological polar surface area (TPSA) is 92.3 Å². The van der Waals surface area contributed by atoms with Gasteiger partial charge in [0.15, 0.2) is 0 Å². The summed E-state index contributed by atoms with van der Waals surface area (Å²) in [5.74, 6) is 0. The fraction of sp³-hybridized carbons (Fsp3) is 1.00. The molecule has 0 unspecified atom stereocenters. The molecule has 0 aromatic carbocycles. The van der Waals surface area contributed by atoms with E-state index < -0.39 is 0 Å². The number of ether oxygens (including phenoxy) is 10. The van der Waals surface area contributed by atoms with Crippen LogP contribution in [0, 0.1) is 0 Å². The Morgan fingerprint density at radius 1 is 0.333 bits per heavy atom. The molecule has 0 fully saturated rings. The Kier molecular flexibility index (Phi) is 29.3. The van der Waals surface area contributed by atoms with E-state index in [4.69, 9.17) is 47.4 Å². The molecule has 200 valence electrons. The van der Waals surface area contributed by atoms with Gasteiger partial charge in [-0.15, -0.1) is 0 Å². The van der Waals surface area contributed by atoms with Crippen molar-refractivity contribution in [3.05, 3.63) is 0 Å². The van der Waals surface area contributed by atoms with E-state index in [0.717, 1.165) is 0 Å². The molecule has 0 spiro atoms. The first-order valence-corrected chi connectivity index (χ1v) is 12.1. The quantitative estimate of drug-likeness (QED) is 0.146. The fourth-order valence-electron chi connectivity index (χ4n) is 2.25. The fourth-order valence-corrected chi connectivity index (χ4v) is 2.25. The van der Waals surface area contributed by atoms with E-state index in [1.165, 1.54) is 0 Å². The van der Waals surface area contributed by atoms with Crippen LogP contribution < -0.4 is 0 Å². The molecule has 0 aromatic heterocycles. The Hall–Kier alpha value is -0.400. The highest BCUT2D eigenvalue weighted by molar-refractivity contribution is 4.39. The summed E-state index contributed by atoms with van der Waals surface area (Å²) in [6.45, 7) is 16.7. The Morgan fingerprint density at radius 2 is 0.545 bits per heavy atom. The normalized spacial score (nSPS) is 11.6. The van der Waals surface area contributed by atoms with Crippen LogP contribution >= 0.6 is 0 Å². The van der Waals surface area contributed by atoms with E-state index in [-0.39, 0.29) is 6.10 Å². The second-order valence-electron chi connectivity index (χ2n) is 7.02. The van der Waals surface area contributed by atoms with E-state index in [1.54, 1.807) is 0 Å². The molecule has 0 aliphatic rings. The SMILES string of the molecule is CCOCCOCCOCCOCCOCCOCCOCCOCCOCCOC(C)C. The van der Waals surface area contributed by atoms with E-state index in [9.17, 15) is 0 Å². The van der Waals surface area contributed by atoms with Crippen molar-refractivity contribution >= 4 is 0 Å². The van der Waals surface area contributed by atoms with Crippen LogP contribution in [0.3, 0.4) is 0 Å². The molecule has 0 radical (unpaired) electrons. The van der Waals surface area contributed by atoms with E-state index in [1.807, 2.05) is 20.8 Å². The second kappa shape index (κ2) is 29.6. The van der Waals surface area contributed by atoms with Gasteiger partial charge in [-0.1, -0.05) is 0 Å². The molecule has 0 saturated carbocycles. The molecule has 0 saturated heterocycles. The van der Waals surface area contributed by atoms with Crippen molar-refractivity contribution < 1.29 is 47.4 Å². The molecular formula is C23H48O10. The zero-order chi connectivity index (χ0) is 24.1. The predicted molar refractivity (Wildman–Crippen MR) is 124 cm³/mol. The first kappa shape index (κ1) is 32.6. The molecule has 0 rings (SSSR count). The van der Waals surface area contributed by atoms with Crippen molar-refractivity contribution in [1.29, 1.82) is 0 Å². The largest absolute Gasteiger partial charge is 0.379 e. The van der Waals surface area contributed by atoms with E-state index in [2.05, 4.69) is 0 Å². The van der Waals surface area contributed by atoms with Crippen LogP contribution in [0.15, 0.2) is 0 Å². The van der Waals surface area contributed by atoms with Crippen LogP contribution in [-0.2, 0) is 47.4 Å². The highest BCUT2D eigenvalue weighted by Gasteiger charge is 1.96. The summed E-state index contributed by atoms with van der Waals surface area (Å²) in [6.07, 6.45) is 0.238. The number of hydrogen-bond donors (Lipinski definition) is 0. The Bertz CT molecular complexity index is 347. The lowest BCUT2D eigenvalue weighted by atomic mass is 10.5. The average Bonchev–Trinajstić information content (AvgIpc) is 2.80. The van der Waals surface area contributed by atoms with Crippen LogP contribution in [0.25, 0.3) is 0 Å². The minimum Gasteiger partial charge on any atom is -0.379 e. The van der Waals surface area contributed by atoms with Gasteiger partial charge in [-0.25, -0.2) is 0 Å². The van der Waals surface area contributed by atoms with Crippen molar-refractivity contribution in [3.8, 4) is 0 Å². The molecule has 0 N–H and O–H groups in total. The molecule has 0 aliphatic heterocycles. The molecule has 10 heteroatoms. The molecular weight excluding hydrogens is 436 g/mol. The van der Waals surface area contributed by atoms with Crippen molar-refractivity contribution in [2.45, 2.75) is 26.9 Å². The lowest BCUT2D eigenvalue weighted by Crippen LogP contribution is -2.15. The Labute approximate surface area is 200 Å². The predicted octanol–water partition coefficient (Wildman–Crippen LogP) is 1.58. The lowest BCUT2D eigenvalue weighted by Gasteiger charge is -2.09. The van der Waals surface area contributed by atoms with Crippen molar-refractivity contribution in [3.63, 3.8) is 0 Å². The first-order chi connectivity index (χ1) is 16.3. The molecule has 0 bridgehead atoms. The third-order valence-corrected chi connectivity index (χ3v) is 3.86. The maximum atomic E-state index is 5.44. The smallest absolute Gasteiger partial charge is 0.0703 e. The van der Waals surface area contributed by atoms with E-state index in [0.29, 0.717) is 126 Å². The Morgan fingerprint density at radius 3 is 0.758 bits per heavy atom. The standard InChI is InChI=1S/C23H48O10/c1-4-24-5-6-25-7-8-26-9-10-27-11-12-28-13-14-29-15-16-30-17-18-31-19-20-32-21-22-33-23(2)3/h23H,4-22H2,1-3H3. The third-order valence-electron chi connectivity index (χ3n) is 3.86. The number of rotatable bonds is 29. The molecule has 0 heterocycles. The van der Waals surface area contributed by atoms with Crippen molar-refractivity contribution in [2.75, 3.05) is 126 Å². The third kappa shape index (κ3) is 31.6. The van der Waals surface area contributed by atoms with Gasteiger partial charge in [-0.05, 0) is 20.8 Å². The zero-order valence-corrected chi connectivity index (χ0v) is 21.1. The van der Waals surface area contributed by atoms with Crippen LogP contribution in [-0.4, -0.2) is 132 Å². The second-order valence-corrected chi connectivity index (χ2v) is 7.02. The van der Waals surface area contributed by atoms with Crippen molar-refractivity contribution in [2.24, 2.45) is 0 Å². The molecule has 0 atom stereocenters. The van der Waals surface area contributed by atoms with Crippen molar-refractivity contribution in [1.82, 2.24) is 0 Å². The van der Waals surface area contributed by atoms with Crippen LogP contribution in [0.4, 0.5) is 0 Å². The van der Waals surface area contributed by atoms with Crippen LogP contribution in [0.2, 0.25) is 0 Å². The summed E-state index contributed by atoms with van der Waals surface area (Å²) in [4.78, 5) is 0. The summed E-state index contributed by atoms with van der Waals surface area (Å²) in [7, 11) is 0. The minimum atomic E-state index is 0.238. The highest BCUT2D eigenvalue weighted by atomic mass is 16.6. The lowest BCUT2D eigenvalue weighted by molar-refractivity contribution is -0.0277. The van der Waals surface area contributed by atoms with Gasteiger partial charge >= 0.3 is 0 Å². The zero-order valence-electron chi connectivity index (χ0n) is 21.1. The average molecular weight is 485 g/mol. The summed E-state index contributed by atoms with van der Waals surface area (Å²) < 4.78 is 53.9. The summed E-state index contributed by atoms with van der Waals surface area (Å²) >= 11 is 0. The molecule has 33 heavy (non-hydrogen) atoms. The van der Waals surface area contributed by atoms with Gasteiger partial charge < -0.3 is 47.4 Å². The summed E-state index contributed by atoms with van der Waals surface area (Å²) in [5.41, 5.74) is 0. The molecule has 0 amide bonds. The molecule has 0 aliphatic carbocycles. The maximum absolute atomic E-state index is 5.44. The van der Waals surface area contributed by atoms with E-state index >= 15 is 0 Å². The molecule has 10 nitrogen and oxygen atoms in total. The molecule has 0 aromatic rings. The Balaban J connectivity index is 3.00. The van der Waals surface area contributed by atoms with Gasteiger partial charge in [0.25, 0.3) is 0 Å². The first-order valence-electron chi connectivity index (χ1n) is 12.1.